The molecule has 3 rings (SSSR count). The van der Waals surface area contributed by atoms with Gasteiger partial charge >= 0.3 is 0 Å². The number of benzene rings is 2. The summed E-state index contributed by atoms with van der Waals surface area (Å²) < 4.78 is 0. The Balaban J connectivity index is 1.81. The van der Waals surface area contributed by atoms with Gasteiger partial charge in [-0.3, -0.25) is 4.79 Å². The van der Waals surface area contributed by atoms with Gasteiger partial charge in [0.1, 0.15) is 5.82 Å². The Labute approximate surface area is 179 Å². The van der Waals surface area contributed by atoms with Crippen LogP contribution in [-0.4, -0.2) is 42.0 Å². The van der Waals surface area contributed by atoms with Crippen molar-refractivity contribution in [3.8, 4) is 0 Å². The number of nitrogens with zero attached hydrogens (tertiary/aromatic N) is 2. The maximum Gasteiger partial charge on any atom is 0.252 e. The van der Waals surface area contributed by atoms with E-state index >= 15 is 0 Å². The van der Waals surface area contributed by atoms with Gasteiger partial charge in [0.25, 0.3) is 5.91 Å². The maximum atomic E-state index is 13.0. The molecule has 5 heteroatoms. The zero-order chi connectivity index (χ0) is 21.5. The molecule has 30 heavy (non-hydrogen) atoms. The Morgan fingerprint density at radius 3 is 2.57 bits per heavy atom. The van der Waals surface area contributed by atoms with E-state index in [1.165, 1.54) is 5.56 Å². The molecule has 5 nitrogen and oxygen atoms in total. The van der Waals surface area contributed by atoms with Crippen molar-refractivity contribution < 1.29 is 4.79 Å². The summed E-state index contributed by atoms with van der Waals surface area (Å²) in [5, 5.41) is 7.35. The second-order valence-corrected chi connectivity index (χ2v) is 7.65. The molecule has 0 radical (unpaired) electrons. The summed E-state index contributed by atoms with van der Waals surface area (Å²) in [4.78, 5) is 20.1. The first kappa shape index (κ1) is 21.8. The number of pyridine rings is 1. The number of anilines is 2. The Kier molecular flexibility index (Phi) is 7.41. The van der Waals surface area contributed by atoms with E-state index in [0.717, 1.165) is 48.2 Å². The second-order valence-electron chi connectivity index (χ2n) is 7.65. The molecule has 0 aliphatic carbocycles. The maximum absolute atomic E-state index is 13.0. The number of aryl methyl sites for hydroxylation is 2. The second kappa shape index (κ2) is 10.2. The molecule has 2 N–H and O–H groups in total. The van der Waals surface area contributed by atoms with Crippen LogP contribution in [0.25, 0.3) is 10.9 Å². The number of rotatable bonds is 9. The molecule has 0 aliphatic heterocycles. The molecule has 0 saturated carbocycles. The molecule has 1 amide bonds. The number of carbonyl (C=O) groups excluding carboxylic acids is 1. The lowest BCUT2D eigenvalue weighted by Gasteiger charge is -2.18. The normalized spacial score (nSPS) is 11.1. The molecule has 0 fully saturated rings. The zero-order valence-electron chi connectivity index (χ0n) is 18.5. The highest BCUT2D eigenvalue weighted by molar-refractivity contribution is 6.07. The number of hydrogen-bond donors (Lipinski definition) is 2. The number of para-hydroxylation sites is 1. The molecule has 0 spiro atoms. The quantitative estimate of drug-likeness (QED) is 0.490. The van der Waals surface area contributed by atoms with E-state index in [1.54, 1.807) is 0 Å². The average Bonchev–Trinajstić information content (AvgIpc) is 2.75. The highest BCUT2D eigenvalue weighted by atomic mass is 16.1. The molecular weight excluding hydrogens is 372 g/mol. The van der Waals surface area contributed by atoms with E-state index in [4.69, 9.17) is 4.98 Å². The van der Waals surface area contributed by atoms with Crippen molar-refractivity contribution in [1.82, 2.24) is 15.2 Å². The lowest BCUT2D eigenvalue weighted by molar-refractivity contribution is 0.0953. The summed E-state index contributed by atoms with van der Waals surface area (Å²) in [5.41, 5.74) is 4.77. The lowest BCUT2D eigenvalue weighted by Crippen LogP contribution is -2.30. The first-order chi connectivity index (χ1) is 14.5. The Morgan fingerprint density at radius 1 is 1.03 bits per heavy atom. The van der Waals surface area contributed by atoms with Gasteiger partial charge in [-0.2, -0.15) is 0 Å². The van der Waals surface area contributed by atoms with Gasteiger partial charge in [0.2, 0.25) is 0 Å². The monoisotopic (exact) mass is 404 g/mol. The third-order valence-electron chi connectivity index (χ3n) is 5.45. The van der Waals surface area contributed by atoms with Crippen LogP contribution >= 0.6 is 0 Å². The number of amides is 1. The summed E-state index contributed by atoms with van der Waals surface area (Å²) in [7, 11) is 0. The van der Waals surface area contributed by atoms with E-state index in [1.807, 2.05) is 30.3 Å². The van der Waals surface area contributed by atoms with Gasteiger partial charge in [0.05, 0.1) is 11.1 Å². The van der Waals surface area contributed by atoms with Crippen LogP contribution in [0, 0.1) is 13.8 Å². The fourth-order valence-electron chi connectivity index (χ4n) is 3.58. The van der Waals surface area contributed by atoms with Crippen LogP contribution in [0.15, 0.2) is 48.5 Å². The van der Waals surface area contributed by atoms with Gasteiger partial charge in [-0.1, -0.05) is 44.2 Å². The lowest BCUT2D eigenvalue weighted by atomic mass is 10.1. The number of hydrogen-bond acceptors (Lipinski definition) is 4. The van der Waals surface area contributed by atoms with Gasteiger partial charge in [0, 0.05) is 17.6 Å². The molecule has 0 aliphatic rings. The molecular formula is C25H32N4O. The topological polar surface area (TPSA) is 57.3 Å². The highest BCUT2D eigenvalue weighted by Gasteiger charge is 2.13. The summed E-state index contributed by atoms with van der Waals surface area (Å²) in [6.45, 7) is 12.2. The average molecular weight is 405 g/mol. The molecule has 158 valence electrons. The summed E-state index contributed by atoms with van der Waals surface area (Å²) in [6, 6.07) is 15.9. The van der Waals surface area contributed by atoms with Crippen molar-refractivity contribution >= 4 is 28.3 Å². The summed E-state index contributed by atoms with van der Waals surface area (Å²) in [6.07, 6.45) is 0.935. The fourth-order valence-corrected chi connectivity index (χ4v) is 3.58. The zero-order valence-corrected chi connectivity index (χ0v) is 18.5. The minimum absolute atomic E-state index is 0.0582. The van der Waals surface area contributed by atoms with E-state index in [2.05, 4.69) is 61.4 Å². The van der Waals surface area contributed by atoms with Gasteiger partial charge < -0.3 is 15.5 Å². The van der Waals surface area contributed by atoms with Crippen molar-refractivity contribution in [2.24, 2.45) is 0 Å². The van der Waals surface area contributed by atoms with Crippen molar-refractivity contribution in [3.05, 3.63) is 65.2 Å². The van der Waals surface area contributed by atoms with Crippen LogP contribution in [-0.2, 0) is 0 Å². The van der Waals surface area contributed by atoms with E-state index in [9.17, 15) is 4.79 Å². The van der Waals surface area contributed by atoms with Gasteiger partial charge in [0.15, 0.2) is 0 Å². The van der Waals surface area contributed by atoms with Crippen LogP contribution in [0.5, 0.6) is 0 Å². The van der Waals surface area contributed by atoms with Crippen LogP contribution in [0.1, 0.15) is 41.8 Å². The third kappa shape index (κ3) is 5.36. The standard InChI is InChI=1S/C25H32N4O/c1-5-29(6-2)15-9-14-26-25(30)21-17-24(27-22-11-8-7-10-20(21)22)28-23-16-18(3)12-13-19(23)4/h7-8,10-13,16-17H,5-6,9,14-15H2,1-4H3,(H,26,30)(H,27,28). The van der Waals surface area contributed by atoms with E-state index in [0.29, 0.717) is 17.9 Å². The Bertz CT molecular complexity index is 1010. The number of fused-ring (bicyclic) bond motifs is 1. The first-order valence-electron chi connectivity index (χ1n) is 10.8. The highest BCUT2D eigenvalue weighted by Crippen LogP contribution is 2.25. The third-order valence-corrected chi connectivity index (χ3v) is 5.45. The first-order valence-corrected chi connectivity index (χ1v) is 10.8. The van der Waals surface area contributed by atoms with Gasteiger partial charge in [-0.15, -0.1) is 0 Å². The van der Waals surface area contributed by atoms with Crippen molar-refractivity contribution in [1.29, 1.82) is 0 Å². The SMILES string of the molecule is CCN(CC)CCCNC(=O)c1cc(Nc2cc(C)ccc2C)nc2ccccc12. The van der Waals surface area contributed by atoms with Crippen molar-refractivity contribution in [2.75, 3.05) is 31.5 Å². The van der Waals surface area contributed by atoms with Crippen LogP contribution in [0.2, 0.25) is 0 Å². The molecule has 1 heterocycles. The predicted octanol–water partition coefficient (Wildman–Crippen LogP) is 5.06. The van der Waals surface area contributed by atoms with Gasteiger partial charge in [-0.05, 0) is 69.2 Å². The largest absolute Gasteiger partial charge is 0.352 e. The molecule has 0 bridgehead atoms. The minimum Gasteiger partial charge on any atom is -0.352 e. The molecule has 0 saturated heterocycles. The van der Waals surface area contributed by atoms with Crippen molar-refractivity contribution in [3.63, 3.8) is 0 Å². The molecule has 0 unspecified atom stereocenters. The summed E-state index contributed by atoms with van der Waals surface area (Å²) in [5.74, 6) is 0.618. The number of aromatic nitrogens is 1. The van der Waals surface area contributed by atoms with Crippen LogP contribution in [0.4, 0.5) is 11.5 Å². The fraction of sp³-hybridized carbons (Fsp3) is 0.360. The summed E-state index contributed by atoms with van der Waals surface area (Å²) >= 11 is 0. The van der Waals surface area contributed by atoms with Gasteiger partial charge in [-0.25, -0.2) is 4.98 Å². The molecule has 0 atom stereocenters. The van der Waals surface area contributed by atoms with E-state index < -0.39 is 0 Å². The van der Waals surface area contributed by atoms with Crippen molar-refractivity contribution in [2.45, 2.75) is 34.1 Å². The van der Waals surface area contributed by atoms with E-state index in [-0.39, 0.29) is 5.91 Å². The van der Waals surface area contributed by atoms with Crippen LogP contribution < -0.4 is 10.6 Å². The Hall–Kier alpha value is -2.92. The number of nitrogens with one attached hydrogen (secondary N) is 2. The number of carbonyl (C=O) groups is 1. The van der Waals surface area contributed by atoms with Crippen LogP contribution in [0.3, 0.4) is 0 Å². The minimum atomic E-state index is -0.0582. The molecule has 2 aromatic carbocycles. The molecule has 3 aromatic rings. The Morgan fingerprint density at radius 2 is 1.80 bits per heavy atom. The smallest absolute Gasteiger partial charge is 0.252 e. The molecule has 1 aromatic heterocycles. The predicted molar refractivity (Wildman–Crippen MR) is 126 cm³/mol.